The molecule has 8 aliphatic rings. The van der Waals surface area contributed by atoms with Crippen LogP contribution >= 0.6 is 0 Å². The zero-order chi connectivity index (χ0) is 44.0. The lowest BCUT2D eigenvalue weighted by Gasteiger charge is -2.66. The Balaban J connectivity index is 1.11. The molecule has 6 nitrogen and oxygen atoms in total. The van der Waals surface area contributed by atoms with Gasteiger partial charge < -0.3 is 19.7 Å². The summed E-state index contributed by atoms with van der Waals surface area (Å²) in [6.45, 7) is 10.2. The van der Waals surface area contributed by atoms with E-state index in [0.717, 1.165) is 33.7 Å². The van der Waals surface area contributed by atoms with E-state index in [1.54, 1.807) is 48.5 Å². The minimum atomic E-state index is -0.982. The topological polar surface area (TPSA) is 93.1 Å². The van der Waals surface area contributed by atoms with Crippen molar-refractivity contribution >= 4 is 33.5 Å². The highest BCUT2D eigenvalue weighted by molar-refractivity contribution is 6.11. The van der Waals surface area contributed by atoms with Gasteiger partial charge in [-0.15, -0.1) is 0 Å². The maximum atomic E-state index is 11.9. The van der Waals surface area contributed by atoms with Crippen molar-refractivity contribution in [1.82, 2.24) is 0 Å². The SMILES string of the molecule is CC12CC3CC(C)(C1)CC(c1cccc4c(-c5c(Oc6ccc(C(=O)O)cc6)ccc6c(C78CC9CC(C)(CC(C)(C9)C7)C8)cccc56)c(Oc5ccc(C(=O)O)cc5)ccc14)(C3)C2. The van der Waals surface area contributed by atoms with Gasteiger partial charge >= 0.3 is 11.9 Å². The highest BCUT2D eigenvalue weighted by atomic mass is 16.5. The second-order valence-electron chi connectivity index (χ2n) is 23.4. The highest BCUT2D eigenvalue weighted by Gasteiger charge is 2.62. The number of rotatable bonds is 9. The van der Waals surface area contributed by atoms with E-state index < -0.39 is 11.9 Å². The largest absolute Gasteiger partial charge is 0.478 e. The van der Waals surface area contributed by atoms with Gasteiger partial charge in [0.05, 0.1) is 11.1 Å². The molecule has 0 amide bonds. The van der Waals surface area contributed by atoms with Crippen LogP contribution in [-0.2, 0) is 10.8 Å². The quantitative estimate of drug-likeness (QED) is 0.150. The van der Waals surface area contributed by atoms with Crippen LogP contribution < -0.4 is 9.47 Å². The Bertz CT molecular complexity index is 2710. The Morgan fingerprint density at radius 1 is 0.438 bits per heavy atom. The van der Waals surface area contributed by atoms with Crippen LogP contribution in [0.4, 0.5) is 0 Å². The van der Waals surface area contributed by atoms with Gasteiger partial charge in [-0.2, -0.15) is 0 Å². The van der Waals surface area contributed by atoms with E-state index in [0.29, 0.717) is 44.7 Å². The zero-order valence-electron chi connectivity index (χ0n) is 37.6. The lowest BCUT2D eigenvalue weighted by Crippen LogP contribution is -2.56. The van der Waals surface area contributed by atoms with Gasteiger partial charge in [0.1, 0.15) is 23.0 Å². The lowest BCUT2D eigenvalue weighted by atomic mass is 9.39. The standard InChI is InChI=1S/C58H58O6/c1-53-23-35-24-54(2,29-53)32-57(27-35,31-53)45-9-5-7-43-41(45)19-21-47(63-39-15-11-37(12-16-39)51(59)60)49(43)50-44-8-6-10-46(58-28-36-25-55(3,33-58)30-56(4,26-36)34-58)42(44)20-22-48(50)64-40-17-13-38(14-18-40)52(61)62/h5-22,35-36H,23-34H2,1-4H3,(H,59,60)(H,61,62). The Morgan fingerprint density at radius 2 is 0.797 bits per heavy atom. The van der Waals surface area contributed by atoms with E-state index in [2.05, 4.69) is 88.4 Å². The molecular formula is C58H58O6. The molecule has 8 fully saturated rings. The molecule has 8 saturated carbocycles. The number of hydrogen-bond donors (Lipinski definition) is 2. The molecule has 0 radical (unpaired) electrons. The van der Waals surface area contributed by atoms with Crippen molar-refractivity contribution in [2.24, 2.45) is 33.5 Å². The molecule has 14 rings (SSSR count). The van der Waals surface area contributed by atoms with E-state index in [1.165, 1.54) is 98.9 Å². The van der Waals surface area contributed by atoms with Gasteiger partial charge in [0.15, 0.2) is 0 Å². The predicted molar refractivity (Wildman–Crippen MR) is 252 cm³/mol. The third kappa shape index (κ3) is 6.25. The fraction of sp³-hybridized carbons (Fsp3) is 0.414. The second kappa shape index (κ2) is 13.5. The van der Waals surface area contributed by atoms with Crippen molar-refractivity contribution in [3.63, 3.8) is 0 Å². The summed E-state index contributed by atoms with van der Waals surface area (Å²) in [4.78, 5) is 23.8. The fourth-order valence-electron chi connectivity index (χ4n) is 17.4. The first kappa shape index (κ1) is 39.9. The minimum Gasteiger partial charge on any atom is -0.478 e. The van der Waals surface area contributed by atoms with Crippen LogP contribution in [-0.4, -0.2) is 22.2 Å². The number of fused-ring (bicyclic) bond motifs is 2. The number of carbonyl (C=O) groups is 2. The van der Waals surface area contributed by atoms with Crippen LogP contribution in [0.2, 0.25) is 0 Å². The molecule has 4 unspecified atom stereocenters. The summed E-state index contributed by atoms with van der Waals surface area (Å²) in [7, 11) is 0. The summed E-state index contributed by atoms with van der Waals surface area (Å²) in [5, 5.41) is 24.2. The Kier molecular flexibility index (Phi) is 8.40. The summed E-state index contributed by atoms with van der Waals surface area (Å²) in [6, 6.07) is 36.0. The van der Waals surface area contributed by atoms with Crippen molar-refractivity contribution < 1.29 is 29.3 Å². The van der Waals surface area contributed by atoms with Crippen molar-refractivity contribution in [2.45, 2.75) is 116 Å². The Morgan fingerprint density at radius 3 is 1.12 bits per heavy atom. The molecule has 6 aromatic rings. The predicted octanol–water partition coefficient (Wildman–Crippen LogP) is 15.1. The molecule has 0 spiro atoms. The van der Waals surface area contributed by atoms with Gasteiger partial charge in [-0.05, 0) is 215 Å². The molecule has 0 saturated heterocycles. The van der Waals surface area contributed by atoms with Crippen molar-refractivity contribution in [3.8, 4) is 34.1 Å². The number of aromatic carboxylic acids is 2. The summed E-state index contributed by atoms with van der Waals surface area (Å²) < 4.78 is 13.9. The summed E-state index contributed by atoms with van der Waals surface area (Å²) in [6.07, 6.45) is 15.2. The van der Waals surface area contributed by atoms with Crippen molar-refractivity contribution in [3.05, 3.63) is 131 Å². The molecule has 6 heteroatoms. The Hall–Kier alpha value is -5.62. The van der Waals surface area contributed by atoms with E-state index in [9.17, 15) is 19.8 Å². The number of benzene rings is 6. The summed E-state index contributed by atoms with van der Waals surface area (Å²) >= 11 is 0. The molecule has 6 aromatic carbocycles. The summed E-state index contributed by atoms with van der Waals surface area (Å²) in [5.74, 6) is 1.92. The molecule has 0 aromatic heterocycles. The first-order valence-electron chi connectivity index (χ1n) is 23.7. The maximum Gasteiger partial charge on any atom is 0.335 e. The van der Waals surface area contributed by atoms with Crippen molar-refractivity contribution in [2.75, 3.05) is 0 Å². The normalized spacial score (nSPS) is 33.2. The number of carboxylic acid groups (broad SMARTS) is 2. The first-order chi connectivity index (χ1) is 30.5. The molecular weight excluding hydrogens is 793 g/mol. The molecule has 0 heterocycles. The van der Waals surface area contributed by atoms with Gasteiger partial charge in [-0.3, -0.25) is 0 Å². The average Bonchev–Trinajstić information content (AvgIpc) is 3.21. The molecule has 8 aliphatic carbocycles. The van der Waals surface area contributed by atoms with Gasteiger partial charge in [0.25, 0.3) is 0 Å². The van der Waals surface area contributed by atoms with E-state index in [1.807, 2.05) is 0 Å². The van der Waals surface area contributed by atoms with Crippen LogP contribution in [0.25, 0.3) is 32.7 Å². The third-order valence-corrected chi connectivity index (χ3v) is 17.3. The third-order valence-electron chi connectivity index (χ3n) is 17.3. The van der Waals surface area contributed by atoms with Crippen LogP contribution in [0, 0.1) is 33.5 Å². The van der Waals surface area contributed by atoms with Gasteiger partial charge in [0.2, 0.25) is 0 Å². The molecule has 8 bridgehead atoms. The summed E-state index contributed by atoms with van der Waals surface area (Å²) in [5.41, 5.74) is 6.64. The molecule has 2 N–H and O–H groups in total. The average molecular weight is 851 g/mol. The molecule has 326 valence electrons. The highest BCUT2D eigenvalue weighted by Crippen LogP contribution is 2.72. The van der Waals surface area contributed by atoms with Gasteiger partial charge in [-0.1, -0.05) is 76.2 Å². The monoisotopic (exact) mass is 850 g/mol. The molecule has 64 heavy (non-hydrogen) atoms. The van der Waals surface area contributed by atoms with Gasteiger partial charge in [0, 0.05) is 11.1 Å². The van der Waals surface area contributed by atoms with Crippen LogP contribution in [0.15, 0.2) is 109 Å². The fourth-order valence-corrected chi connectivity index (χ4v) is 17.4. The van der Waals surface area contributed by atoms with Crippen molar-refractivity contribution in [1.29, 1.82) is 0 Å². The van der Waals surface area contributed by atoms with Crippen LogP contribution in [0.1, 0.15) is 137 Å². The minimum absolute atomic E-state index is 0.0800. The molecule has 0 aliphatic heterocycles. The first-order valence-corrected chi connectivity index (χ1v) is 23.7. The smallest absolute Gasteiger partial charge is 0.335 e. The van der Waals surface area contributed by atoms with E-state index in [4.69, 9.17) is 9.47 Å². The number of hydrogen-bond acceptors (Lipinski definition) is 4. The van der Waals surface area contributed by atoms with Crippen LogP contribution in [0.3, 0.4) is 0 Å². The lowest BCUT2D eigenvalue weighted by molar-refractivity contribution is -0.109. The maximum absolute atomic E-state index is 11.9. The van der Waals surface area contributed by atoms with Crippen LogP contribution in [0.5, 0.6) is 23.0 Å². The zero-order valence-corrected chi connectivity index (χ0v) is 37.6. The number of carboxylic acids is 2. The second-order valence-corrected chi connectivity index (χ2v) is 23.4. The Labute approximate surface area is 376 Å². The molecule has 4 atom stereocenters. The van der Waals surface area contributed by atoms with Gasteiger partial charge in [-0.25, -0.2) is 9.59 Å². The number of ether oxygens (including phenoxy) is 2. The van der Waals surface area contributed by atoms with E-state index in [-0.39, 0.29) is 22.0 Å². The van der Waals surface area contributed by atoms with E-state index >= 15 is 0 Å².